The van der Waals surface area contributed by atoms with Crippen molar-refractivity contribution >= 4 is 44.8 Å². The number of thioether (sulfide) groups is 1. The van der Waals surface area contributed by atoms with E-state index in [9.17, 15) is 17.6 Å². The Morgan fingerprint density at radius 3 is 2.85 bits per heavy atom. The Balaban J connectivity index is 1.82. The number of halogens is 2. The van der Waals surface area contributed by atoms with Crippen LogP contribution < -0.4 is 5.32 Å². The molecule has 1 aromatic rings. The van der Waals surface area contributed by atoms with E-state index in [1.165, 1.54) is 30.0 Å². The lowest BCUT2D eigenvalue weighted by Crippen LogP contribution is -2.17. The van der Waals surface area contributed by atoms with Gasteiger partial charge in [0.2, 0.25) is 5.91 Å². The van der Waals surface area contributed by atoms with Crippen LogP contribution in [0, 0.1) is 5.82 Å². The highest BCUT2D eigenvalue weighted by Gasteiger charge is 2.28. The van der Waals surface area contributed by atoms with Crippen LogP contribution in [0.3, 0.4) is 0 Å². The van der Waals surface area contributed by atoms with E-state index in [1.807, 2.05) is 0 Å². The third-order valence-corrected chi connectivity index (χ3v) is 6.42. The van der Waals surface area contributed by atoms with Crippen molar-refractivity contribution in [2.75, 3.05) is 22.6 Å². The summed E-state index contributed by atoms with van der Waals surface area (Å²) >= 11 is 6.93. The standard InChI is InChI=1S/C12H13ClFNO3S2/c13-10-5-8(1-2-11(10)14)15-12(16)6-19-9-3-4-20(17,18)7-9/h1-2,5,9H,3-4,6-7H2,(H,15,16)/t9-/m1/s1. The molecule has 1 aromatic carbocycles. The molecule has 1 amide bonds. The molecule has 1 aliphatic rings. The molecule has 0 aliphatic carbocycles. The highest BCUT2D eigenvalue weighted by molar-refractivity contribution is 8.02. The van der Waals surface area contributed by atoms with Gasteiger partial charge in [0, 0.05) is 10.9 Å². The number of benzene rings is 1. The fourth-order valence-electron chi connectivity index (χ4n) is 1.86. The molecule has 0 saturated carbocycles. The maximum Gasteiger partial charge on any atom is 0.234 e. The van der Waals surface area contributed by atoms with Crippen LogP contribution >= 0.6 is 23.4 Å². The van der Waals surface area contributed by atoms with Crippen LogP contribution in [-0.4, -0.2) is 36.8 Å². The molecule has 4 nitrogen and oxygen atoms in total. The fraction of sp³-hybridized carbons (Fsp3) is 0.417. The molecule has 1 N–H and O–H groups in total. The summed E-state index contributed by atoms with van der Waals surface area (Å²) in [5.74, 6) is -0.320. The normalized spacial score (nSPS) is 20.8. The van der Waals surface area contributed by atoms with Gasteiger partial charge in [-0.3, -0.25) is 4.79 Å². The van der Waals surface area contributed by atoms with Gasteiger partial charge in [-0.2, -0.15) is 0 Å². The number of nitrogens with one attached hydrogen (secondary N) is 1. The fourth-order valence-corrected chi connectivity index (χ4v) is 5.48. The Morgan fingerprint density at radius 1 is 1.50 bits per heavy atom. The van der Waals surface area contributed by atoms with Crippen molar-refractivity contribution in [3.8, 4) is 0 Å². The van der Waals surface area contributed by atoms with Gasteiger partial charge in [0.1, 0.15) is 5.82 Å². The maximum atomic E-state index is 13.0. The number of anilines is 1. The summed E-state index contributed by atoms with van der Waals surface area (Å²) in [6.07, 6.45) is 0.586. The lowest BCUT2D eigenvalue weighted by atomic mass is 10.3. The molecule has 0 unspecified atom stereocenters. The predicted octanol–water partition coefficient (Wildman–Crippen LogP) is 2.34. The largest absolute Gasteiger partial charge is 0.325 e. The minimum absolute atomic E-state index is 0.0254. The SMILES string of the molecule is O=C(CS[C@@H]1CCS(=O)(=O)C1)Nc1ccc(F)c(Cl)c1. The molecule has 20 heavy (non-hydrogen) atoms. The first-order valence-corrected chi connectivity index (χ1v) is 9.17. The minimum Gasteiger partial charge on any atom is -0.325 e. The Kier molecular flexibility index (Phi) is 4.93. The summed E-state index contributed by atoms with van der Waals surface area (Å²) in [4.78, 5) is 11.7. The molecule has 1 aliphatic heterocycles. The van der Waals surface area contributed by atoms with Gasteiger partial charge in [-0.05, 0) is 24.6 Å². The van der Waals surface area contributed by atoms with E-state index >= 15 is 0 Å². The van der Waals surface area contributed by atoms with E-state index in [1.54, 1.807) is 0 Å². The van der Waals surface area contributed by atoms with Gasteiger partial charge in [0.25, 0.3) is 0 Å². The van der Waals surface area contributed by atoms with E-state index in [-0.39, 0.29) is 33.4 Å². The highest BCUT2D eigenvalue weighted by atomic mass is 35.5. The molecule has 2 rings (SSSR count). The number of carbonyl (C=O) groups is 1. The maximum absolute atomic E-state index is 13.0. The second-order valence-corrected chi connectivity index (χ2v) is 8.44. The predicted molar refractivity (Wildman–Crippen MR) is 79.6 cm³/mol. The van der Waals surface area contributed by atoms with Crippen LogP contribution in [0.2, 0.25) is 5.02 Å². The van der Waals surface area contributed by atoms with Crippen LogP contribution in [0.4, 0.5) is 10.1 Å². The lowest BCUT2D eigenvalue weighted by molar-refractivity contribution is -0.113. The first-order valence-electron chi connectivity index (χ1n) is 5.93. The molecule has 0 spiro atoms. The Bertz CT molecular complexity index is 621. The van der Waals surface area contributed by atoms with Gasteiger partial charge in [-0.1, -0.05) is 11.6 Å². The lowest BCUT2D eigenvalue weighted by Gasteiger charge is -2.08. The zero-order valence-electron chi connectivity index (χ0n) is 10.4. The van der Waals surface area contributed by atoms with Gasteiger partial charge in [0.05, 0.1) is 22.3 Å². The Labute approximate surface area is 126 Å². The minimum atomic E-state index is -2.92. The first-order chi connectivity index (χ1) is 9.35. The molecule has 1 heterocycles. The van der Waals surface area contributed by atoms with Crippen molar-refractivity contribution in [2.24, 2.45) is 0 Å². The van der Waals surface area contributed by atoms with Crippen LogP contribution in [-0.2, 0) is 14.6 Å². The molecule has 0 radical (unpaired) electrons. The van der Waals surface area contributed by atoms with Crippen molar-refractivity contribution < 1.29 is 17.6 Å². The number of carbonyl (C=O) groups excluding carboxylic acids is 1. The van der Waals surface area contributed by atoms with E-state index in [2.05, 4.69) is 5.32 Å². The molecular weight excluding hydrogens is 325 g/mol. The van der Waals surface area contributed by atoms with Gasteiger partial charge >= 0.3 is 0 Å². The summed E-state index contributed by atoms with van der Waals surface area (Å²) in [6, 6.07) is 3.93. The monoisotopic (exact) mass is 337 g/mol. The summed E-state index contributed by atoms with van der Waals surface area (Å²) in [5.41, 5.74) is 0.418. The average molecular weight is 338 g/mol. The summed E-state index contributed by atoms with van der Waals surface area (Å²) in [7, 11) is -2.92. The molecule has 1 atom stereocenters. The van der Waals surface area contributed by atoms with Gasteiger partial charge in [-0.15, -0.1) is 11.8 Å². The van der Waals surface area contributed by atoms with E-state index < -0.39 is 15.7 Å². The van der Waals surface area contributed by atoms with Gasteiger partial charge < -0.3 is 5.32 Å². The average Bonchev–Trinajstić information content (AvgIpc) is 2.71. The van der Waals surface area contributed by atoms with Crippen molar-refractivity contribution in [1.29, 1.82) is 0 Å². The van der Waals surface area contributed by atoms with Crippen LogP contribution in [0.1, 0.15) is 6.42 Å². The van der Waals surface area contributed by atoms with Crippen molar-refractivity contribution in [2.45, 2.75) is 11.7 Å². The summed E-state index contributed by atoms with van der Waals surface area (Å²) in [5, 5.41) is 2.51. The Morgan fingerprint density at radius 2 is 2.25 bits per heavy atom. The zero-order chi connectivity index (χ0) is 14.8. The number of hydrogen-bond donors (Lipinski definition) is 1. The number of sulfone groups is 1. The molecule has 8 heteroatoms. The number of amides is 1. The molecule has 0 bridgehead atoms. The van der Waals surface area contributed by atoms with E-state index in [0.29, 0.717) is 12.1 Å². The van der Waals surface area contributed by atoms with Crippen molar-refractivity contribution in [1.82, 2.24) is 0 Å². The van der Waals surface area contributed by atoms with Crippen molar-refractivity contribution in [3.05, 3.63) is 29.0 Å². The quantitative estimate of drug-likeness (QED) is 0.916. The molecule has 1 saturated heterocycles. The van der Waals surface area contributed by atoms with Crippen LogP contribution in [0.5, 0.6) is 0 Å². The molecular formula is C12H13ClFNO3S2. The third kappa shape index (κ3) is 4.36. The third-order valence-electron chi connectivity index (χ3n) is 2.84. The van der Waals surface area contributed by atoms with E-state index in [0.717, 1.165) is 0 Å². The molecule has 110 valence electrons. The van der Waals surface area contributed by atoms with Gasteiger partial charge in [-0.25, -0.2) is 12.8 Å². The summed E-state index contributed by atoms with van der Waals surface area (Å²) in [6.45, 7) is 0. The Hall–Kier alpha value is -0.790. The second-order valence-electron chi connectivity index (χ2n) is 4.51. The molecule has 1 fully saturated rings. The van der Waals surface area contributed by atoms with Crippen molar-refractivity contribution in [3.63, 3.8) is 0 Å². The first kappa shape index (κ1) is 15.6. The molecule has 0 aromatic heterocycles. The number of hydrogen-bond acceptors (Lipinski definition) is 4. The highest BCUT2D eigenvalue weighted by Crippen LogP contribution is 2.25. The van der Waals surface area contributed by atoms with E-state index in [4.69, 9.17) is 11.6 Å². The van der Waals surface area contributed by atoms with Crippen LogP contribution in [0.25, 0.3) is 0 Å². The van der Waals surface area contributed by atoms with Crippen LogP contribution in [0.15, 0.2) is 18.2 Å². The second kappa shape index (κ2) is 6.32. The smallest absolute Gasteiger partial charge is 0.234 e. The topological polar surface area (TPSA) is 63.2 Å². The number of rotatable bonds is 4. The van der Waals surface area contributed by atoms with Gasteiger partial charge in [0.15, 0.2) is 9.84 Å². The summed E-state index contributed by atoms with van der Waals surface area (Å²) < 4.78 is 35.5. The zero-order valence-corrected chi connectivity index (χ0v) is 12.8.